The zero-order valence-electron chi connectivity index (χ0n) is 11.5. The van der Waals surface area contributed by atoms with Crippen LogP contribution in [0.4, 0.5) is 0 Å². The van der Waals surface area contributed by atoms with Gasteiger partial charge in [-0.2, -0.15) is 0 Å². The van der Waals surface area contributed by atoms with Crippen LogP contribution < -0.4 is 5.32 Å². The highest BCUT2D eigenvalue weighted by Gasteiger charge is 2.29. The van der Waals surface area contributed by atoms with Gasteiger partial charge in [-0.3, -0.25) is 0 Å². The predicted molar refractivity (Wildman–Crippen MR) is 69.7 cm³/mol. The molecule has 0 saturated heterocycles. The zero-order chi connectivity index (χ0) is 12.0. The molecule has 0 bridgehead atoms. The second kappa shape index (κ2) is 7.29. The van der Waals surface area contributed by atoms with Crippen LogP contribution in [0.5, 0.6) is 0 Å². The third-order valence-corrected chi connectivity index (χ3v) is 4.29. The molecule has 16 heavy (non-hydrogen) atoms. The fraction of sp³-hybridized carbons (Fsp3) is 1.00. The van der Waals surface area contributed by atoms with E-state index in [-0.39, 0.29) is 0 Å². The van der Waals surface area contributed by atoms with Gasteiger partial charge in [0.15, 0.2) is 0 Å². The summed E-state index contributed by atoms with van der Waals surface area (Å²) in [4.78, 5) is 0. The molecule has 0 aliphatic heterocycles. The minimum absolute atomic E-state index is 0.336. The number of rotatable bonds is 6. The Labute approximate surface area is 101 Å². The van der Waals surface area contributed by atoms with Gasteiger partial charge in [0.2, 0.25) is 0 Å². The highest BCUT2D eigenvalue weighted by Crippen LogP contribution is 2.33. The number of hydrogen-bond donors (Lipinski definition) is 1. The van der Waals surface area contributed by atoms with E-state index < -0.39 is 0 Å². The summed E-state index contributed by atoms with van der Waals surface area (Å²) in [7, 11) is 1.83. The second-order valence-electron chi connectivity index (χ2n) is 5.21. The Morgan fingerprint density at radius 2 is 1.81 bits per heavy atom. The molecule has 2 heteroatoms. The lowest BCUT2D eigenvalue weighted by molar-refractivity contribution is 0.0485. The molecular weight excluding hydrogens is 198 g/mol. The van der Waals surface area contributed by atoms with E-state index in [1.165, 1.54) is 32.1 Å². The SMILES string of the molecule is CCNC(C1CCC(CC)CC1)C(C)OC. The molecule has 0 spiro atoms. The molecule has 2 unspecified atom stereocenters. The summed E-state index contributed by atoms with van der Waals surface area (Å²) in [6.45, 7) is 7.75. The van der Waals surface area contributed by atoms with Gasteiger partial charge >= 0.3 is 0 Å². The van der Waals surface area contributed by atoms with Crippen LogP contribution >= 0.6 is 0 Å². The molecule has 0 radical (unpaired) electrons. The van der Waals surface area contributed by atoms with E-state index in [2.05, 4.69) is 26.1 Å². The fourth-order valence-corrected chi connectivity index (χ4v) is 3.05. The first-order valence-electron chi connectivity index (χ1n) is 6.99. The van der Waals surface area contributed by atoms with Crippen LogP contribution in [0.2, 0.25) is 0 Å². The standard InChI is InChI=1S/C14H29NO/c1-5-12-7-9-13(10-8-12)14(15-6-2)11(3)16-4/h11-15H,5-10H2,1-4H3. The Morgan fingerprint density at radius 1 is 1.19 bits per heavy atom. The molecule has 2 atom stereocenters. The average Bonchev–Trinajstić information content (AvgIpc) is 2.35. The Balaban J connectivity index is 2.46. The van der Waals surface area contributed by atoms with Gasteiger partial charge in [0.25, 0.3) is 0 Å². The van der Waals surface area contributed by atoms with Gasteiger partial charge in [0.05, 0.1) is 6.10 Å². The summed E-state index contributed by atoms with van der Waals surface area (Å²) in [5, 5.41) is 3.61. The fourth-order valence-electron chi connectivity index (χ4n) is 3.05. The molecule has 0 heterocycles. The van der Waals surface area contributed by atoms with Crippen molar-refractivity contribution in [2.75, 3.05) is 13.7 Å². The van der Waals surface area contributed by atoms with E-state index in [4.69, 9.17) is 4.74 Å². The molecule has 1 rings (SSSR count). The maximum Gasteiger partial charge on any atom is 0.0698 e. The normalized spacial score (nSPS) is 30.0. The third kappa shape index (κ3) is 3.74. The molecular formula is C14H29NO. The van der Waals surface area contributed by atoms with E-state index in [1.54, 1.807) is 0 Å². The van der Waals surface area contributed by atoms with E-state index in [1.807, 2.05) is 7.11 Å². The molecule has 1 saturated carbocycles. The Hall–Kier alpha value is -0.0800. The lowest BCUT2D eigenvalue weighted by atomic mass is 9.76. The molecule has 2 nitrogen and oxygen atoms in total. The first kappa shape index (κ1) is 14.0. The number of nitrogens with one attached hydrogen (secondary N) is 1. The van der Waals surface area contributed by atoms with Gasteiger partial charge in [-0.1, -0.05) is 33.1 Å². The molecule has 0 aromatic heterocycles. The van der Waals surface area contributed by atoms with Gasteiger partial charge in [0, 0.05) is 13.2 Å². The molecule has 96 valence electrons. The number of methoxy groups -OCH3 is 1. The monoisotopic (exact) mass is 227 g/mol. The Kier molecular flexibility index (Phi) is 6.37. The number of hydrogen-bond acceptors (Lipinski definition) is 2. The smallest absolute Gasteiger partial charge is 0.0698 e. The van der Waals surface area contributed by atoms with Gasteiger partial charge < -0.3 is 10.1 Å². The highest BCUT2D eigenvalue weighted by molar-refractivity contribution is 4.85. The van der Waals surface area contributed by atoms with E-state index in [9.17, 15) is 0 Å². The van der Waals surface area contributed by atoms with Crippen molar-refractivity contribution in [2.24, 2.45) is 11.8 Å². The van der Waals surface area contributed by atoms with Crippen LogP contribution in [0.1, 0.15) is 52.9 Å². The minimum atomic E-state index is 0.336. The van der Waals surface area contributed by atoms with Crippen molar-refractivity contribution in [3.63, 3.8) is 0 Å². The zero-order valence-corrected chi connectivity index (χ0v) is 11.5. The van der Waals surface area contributed by atoms with E-state index in [0.29, 0.717) is 12.1 Å². The maximum atomic E-state index is 5.51. The molecule has 1 aliphatic carbocycles. The highest BCUT2D eigenvalue weighted by atomic mass is 16.5. The van der Waals surface area contributed by atoms with Gasteiger partial charge in [-0.15, -0.1) is 0 Å². The van der Waals surface area contributed by atoms with Crippen molar-refractivity contribution in [1.29, 1.82) is 0 Å². The van der Waals surface area contributed by atoms with Crippen molar-refractivity contribution in [2.45, 2.75) is 65.0 Å². The lowest BCUT2D eigenvalue weighted by Gasteiger charge is -2.36. The minimum Gasteiger partial charge on any atom is -0.380 e. The van der Waals surface area contributed by atoms with Crippen molar-refractivity contribution in [1.82, 2.24) is 5.32 Å². The van der Waals surface area contributed by atoms with Crippen LogP contribution in [-0.4, -0.2) is 25.8 Å². The lowest BCUT2D eigenvalue weighted by Crippen LogP contribution is -2.46. The van der Waals surface area contributed by atoms with Crippen LogP contribution in [0.25, 0.3) is 0 Å². The molecule has 1 aliphatic rings. The summed E-state index contributed by atoms with van der Waals surface area (Å²) in [6, 6.07) is 0.549. The first-order chi connectivity index (χ1) is 7.72. The second-order valence-corrected chi connectivity index (χ2v) is 5.21. The summed E-state index contributed by atoms with van der Waals surface area (Å²) < 4.78 is 5.51. The van der Waals surface area contributed by atoms with Gasteiger partial charge in [-0.05, 0) is 38.1 Å². The predicted octanol–water partition coefficient (Wildman–Crippen LogP) is 3.22. The van der Waals surface area contributed by atoms with Crippen molar-refractivity contribution in [3.8, 4) is 0 Å². The summed E-state index contributed by atoms with van der Waals surface area (Å²) in [5.41, 5.74) is 0. The third-order valence-electron chi connectivity index (χ3n) is 4.29. The van der Waals surface area contributed by atoms with E-state index >= 15 is 0 Å². The van der Waals surface area contributed by atoms with Crippen LogP contribution in [-0.2, 0) is 4.74 Å². The molecule has 0 amide bonds. The molecule has 1 fully saturated rings. The quantitative estimate of drug-likeness (QED) is 0.752. The van der Waals surface area contributed by atoms with Crippen LogP contribution in [0.3, 0.4) is 0 Å². The van der Waals surface area contributed by atoms with Crippen molar-refractivity contribution >= 4 is 0 Å². The number of likely N-dealkylation sites (N-methyl/N-ethyl adjacent to an activating group) is 1. The van der Waals surface area contributed by atoms with Crippen LogP contribution in [0, 0.1) is 11.8 Å². The summed E-state index contributed by atoms with van der Waals surface area (Å²) in [5.74, 6) is 1.80. The summed E-state index contributed by atoms with van der Waals surface area (Å²) in [6.07, 6.45) is 7.29. The van der Waals surface area contributed by atoms with Crippen molar-refractivity contribution < 1.29 is 4.74 Å². The summed E-state index contributed by atoms with van der Waals surface area (Å²) >= 11 is 0. The molecule has 1 N–H and O–H groups in total. The van der Waals surface area contributed by atoms with Crippen LogP contribution in [0.15, 0.2) is 0 Å². The maximum absolute atomic E-state index is 5.51. The van der Waals surface area contributed by atoms with Gasteiger partial charge in [-0.25, -0.2) is 0 Å². The molecule has 0 aromatic rings. The van der Waals surface area contributed by atoms with E-state index in [0.717, 1.165) is 18.4 Å². The largest absolute Gasteiger partial charge is 0.380 e. The van der Waals surface area contributed by atoms with Crippen molar-refractivity contribution in [3.05, 3.63) is 0 Å². The average molecular weight is 227 g/mol. The molecule has 0 aromatic carbocycles. The number of ether oxygens (including phenoxy) is 1. The topological polar surface area (TPSA) is 21.3 Å². The first-order valence-corrected chi connectivity index (χ1v) is 6.99. The Bertz CT molecular complexity index is 176. The van der Waals surface area contributed by atoms with Gasteiger partial charge in [0.1, 0.15) is 0 Å². The Morgan fingerprint density at radius 3 is 2.25 bits per heavy atom.